The molecule has 1 N–H and O–H groups in total. The van der Waals surface area contributed by atoms with Gasteiger partial charge in [-0.05, 0) is 44.8 Å². The van der Waals surface area contributed by atoms with Crippen molar-refractivity contribution in [1.82, 2.24) is 10.2 Å². The van der Waals surface area contributed by atoms with Gasteiger partial charge in [-0.15, -0.1) is 0 Å². The summed E-state index contributed by atoms with van der Waals surface area (Å²) in [6.07, 6.45) is 1.27. The summed E-state index contributed by atoms with van der Waals surface area (Å²) in [4.78, 5) is 2.62. The van der Waals surface area contributed by atoms with E-state index in [9.17, 15) is 0 Å². The van der Waals surface area contributed by atoms with Crippen molar-refractivity contribution < 1.29 is 0 Å². The normalized spacial score (nSPS) is 29.8. The predicted molar refractivity (Wildman–Crippen MR) is 62.5 cm³/mol. The van der Waals surface area contributed by atoms with Gasteiger partial charge >= 0.3 is 0 Å². The minimum atomic E-state index is 0.743. The highest BCUT2D eigenvalue weighted by molar-refractivity contribution is 4.81. The summed E-state index contributed by atoms with van der Waals surface area (Å²) in [6.45, 7) is 14.2. The van der Waals surface area contributed by atoms with E-state index in [0.29, 0.717) is 0 Å². The number of hydrogen-bond acceptors (Lipinski definition) is 2. The fourth-order valence-electron chi connectivity index (χ4n) is 2.29. The molecule has 1 heterocycles. The molecule has 3 unspecified atom stereocenters. The molecular weight excluding hydrogens is 172 g/mol. The van der Waals surface area contributed by atoms with E-state index in [2.05, 4.69) is 37.9 Å². The third-order valence-corrected chi connectivity index (χ3v) is 3.77. The molecule has 3 atom stereocenters. The van der Waals surface area contributed by atoms with Crippen LogP contribution in [0.1, 0.15) is 34.1 Å². The van der Waals surface area contributed by atoms with Crippen LogP contribution < -0.4 is 5.32 Å². The standard InChI is InChI=1S/C12H26N2/c1-5-11(4)14(6-2)9-12-8-13-7-10(12)3/h10-13H,5-9H2,1-4H3. The molecule has 84 valence electrons. The number of nitrogens with one attached hydrogen (secondary N) is 1. The van der Waals surface area contributed by atoms with Crippen LogP contribution in [0.5, 0.6) is 0 Å². The molecule has 1 aliphatic rings. The lowest BCUT2D eigenvalue weighted by Gasteiger charge is -2.30. The van der Waals surface area contributed by atoms with Crippen LogP contribution in [0.4, 0.5) is 0 Å². The van der Waals surface area contributed by atoms with E-state index in [-0.39, 0.29) is 0 Å². The quantitative estimate of drug-likeness (QED) is 0.726. The molecule has 0 aromatic heterocycles. The minimum Gasteiger partial charge on any atom is -0.316 e. The van der Waals surface area contributed by atoms with Gasteiger partial charge in [0.05, 0.1) is 0 Å². The van der Waals surface area contributed by atoms with E-state index in [1.807, 2.05) is 0 Å². The van der Waals surface area contributed by atoms with Gasteiger partial charge in [0.2, 0.25) is 0 Å². The Morgan fingerprint density at radius 3 is 2.50 bits per heavy atom. The average molecular weight is 198 g/mol. The number of rotatable bonds is 5. The third kappa shape index (κ3) is 2.96. The van der Waals surface area contributed by atoms with Crippen LogP contribution >= 0.6 is 0 Å². The zero-order valence-corrected chi connectivity index (χ0v) is 10.2. The molecule has 2 heteroatoms. The van der Waals surface area contributed by atoms with Crippen molar-refractivity contribution in [2.45, 2.75) is 40.2 Å². The van der Waals surface area contributed by atoms with E-state index in [4.69, 9.17) is 0 Å². The monoisotopic (exact) mass is 198 g/mol. The lowest BCUT2D eigenvalue weighted by atomic mass is 9.97. The van der Waals surface area contributed by atoms with Gasteiger partial charge in [0.1, 0.15) is 0 Å². The van der Waals surface area contributed by atoms with E-state index < -0.39 is 0 Å². The van der Waals surface area contributed by atoms with E-state index in [1.165, 1.54) is 32.6 Å². The molecule has 1 aliphatic heterocycles. The summed E-state index contributed by atoms with van der Waals surface area (Å²) in [5.41, 5.74) is 0. The Hall–Kier alpha value is -0.0800. The number of nitrogens with zero attached hydrogens (tertiary/aromatic N) is 1. The van der Waals surface area contributed by atoms with Crippen molar-refractivity contribution >= 4 is 0 Å². The first kappa shape index (κ1) is 12.0. The maximum absolute atomic E-state index is 3.48. The third-order valence-electron chi connectivity index (χ3n) is 3.77. The van der Waals surface area contributed by atoms with Crippen LogP contribution in [-0.2, 0) is 0 Å². The molecule has 0 spiro atoms. The van der Waals surface area contributed by atoms with Crippen LogP contribution in [0.25, 0.3) is 0 Å². The summed E-state index contributed by atoms with van der Waals surface area (Å²) >= 11 is 0. The van der Waals surface area contributed by atoms with E-state index in [1.54, 1.807) is 0 Å². The molecule has 1 rings (SSSR count). The van der Waals surface area contributed by atoms with Crippen molar-refractivity contribution in [3.8, 4) is 0 Å². The van der Waals surface area contributed by atoms with Gasteiger partial charge in [0, 0.05) is 12.6 Å². The number of hydrogen-bond donors (Lipinski definition) is 1. The van der Waals surface area contributed by atoms with Crippen LogP contribution in [0.15, 0.2) is 0 Å². The highest BCUT2D eigenvalue weighted by Crippen LogP contribution is 2.18. The SMILES string of the molecule is CCC(C)N(CC)CC1CNCC1C. The van der Waals surface area contributed by atoms with Crippen molar-refractivity contribution in [3.63, 3.8) is 0 Å². The predicted octanol–water partition coefficient (Wildman–Crippen LogP) is 1.96. The Bertz CT molecular complexity index is 158. The van der Waals surface area contributed by atoms with Crippen LogP contribution in [0.2, 0.25) is 0 Å². The summed E-state index contributed by atoms with van der Waals surface area (Å²) < 4.78 is 0. The highest BCUT2D eigenvalue weighted by atomic mass is 15.2. The summed E-state index contributed by atoms with van der Waals surface area (Å²) in [5.74, 6) is 1.72. The smallest absolute Gasteiger partial charge is 0.00643 e. The van der Waals surface area contributed by atoms with Crippen LogP contribution in [-0.4, -0.2) is 37.1 Å². The summed E-state index contributed by atoms with van der Waals surface area (Å²) in [7, 11) is 0. The van der Waals surface area contributed by atoms with Gasteiger partial charge in [-0.2, -0.15) is 0 Å². The largest absolute Gasteiger partial charge is 0.316 e. The topological polar surface area (TPSA) is 15.3 Å². The molecule has 2 nitrogen and oxygen atoms in total. The zero-order valence-electron chi connectivity index (χ0n) is 10.2. The summed E-state index contributed by atoms with van der Waals surface area (Å²) in [6, 6.07) is 0.743. The molecule has 0 saturated carbocycles. The maximum atomic E-state index is 3.48. The second kappa shape index (κ2) is 5.72. The van der Waals surface area contributed by atoms with E-state index in [0.717, 1.165) is 17.9 Å². The molecule has 1 saturated heterocycles. The Labute approximate surface area is 89.1 Å². The second-order valence-corrected chi connectivity index (χ2v) is 4.74. The molecule has 0 amide bonds. The first-order valence-corrected chi connectivity index (χ1v) is 6.13. The Balaban J connectivity index is 2.39. The highest BCUT2D eigenvalue weighted by Gasteiger charge is 2.25. The molecule has 1 fully saturated rings. The zero-order chi connectivity index (χ0) is 10.6. The van der Waals surface area contributed by atoms with Crippen molar-refractivity contribution in [2.24, 2.45) is 11.8 Å². The van der Waals surface area contributed by atoms with Crippen molar-refractivity contribution in [3.05, 3.63) is 0 Å². The molecule has 14 heavy (non-hydrogen) atoms. The first-order valence-electron chi connectivity index (χ1n) is 6.13. The lowest BCUT2D eigenvalue weighted by Crippen LogP contribution is -2.38. The average Bonchev–Trinajstić information content (AvgIpc) is 2.59. The lowest BCUT2D eigenvalue weighted by molar-refractivity contribution is 0.173. The van der Waals surface area contributed by atoms with Crippen molar-refractivity contribution in [1.29, 1.82) is 0 Å². The van der Waals surface area contributed by atoms with Crippen LogP contribution in [0.3, 0.4) is 0 Å². The van der Waals surface area contributed by atoms with Gasteiger partial charge < -0.3 is 10.2 Å². The fourth-order valence-corrected chi connectivity index (χ4v) is 2.29. The molecule has 0 aliphatic carbocycles. The first-order chi connectivity index (χ1) is 6.69. The molecule has 0 aromatic carbocycles. The van der Waals surface area contributed by atoms with Gasteiger partial charge in [0.25, 0.3) is 0 Å². The molecular formula is C12H26N2. The minimum absolute atomic E-state index is 0.743. The second-order valence-electron chi connectivity index (χ2n) is 4.74. The molecule has 0 bridgehead atoms. The van der Waals surface area contributed by atoms with Gasteiger partial charge in [-0.1, -0.05) is 20.8 Å². The molecule has 0 radical (unpaired) electrons. The summed E-state index contributed by atoms with van der Waals surface area (Å²) in [5, 5.41) is 3.48. The van der Waals surface area contributed by atoms with Crippen LogP contribution in [0, 0.1) is 11.8 Å². The van der Waals surface area contributed by atoms with Gasteiger partial charge in [-0.3, -0.25) is 0 Å². The van der Waals surface area contributed by atoms with Gasteiger partial charge in [0.15, 0.2) is 0 Å². The fraction of sp³-hybridized carbons (Fsp3) is 1.00. The molecule has 0 aromatic rings. The Morgan fingerprint density at radius 2 is 2.07 bits per heavy atom. The Morgan fingerprint density at radius 1 is 1.36 bits per heavy atom. The van der Waals surface area contributed by atoms with Gasteiger partial charge in [-0.25, -0.2) is 0 Å². The maximum Gasteiger partial charge on any atom is 0.00643 e. The van der Waals surface area contributed by atoms with E-state index >= 15 is 0 Å². The van der Waals surface area contributed by atoms with Crippen molar-refractivity contribution in [2.75, 3.05) is 26.2 Å². The Kier molecular flexibility index (Phi) is 4.90.